The van der Waals surface area contributed by atoms with Gasteiger partial charge in [0, 0.05) is 17.7 Å². The van der Waals surface area contributed by atoms with Crippen molar-refractivity contribution in [2.45, 2.75) is 6.54 Å². The van der Waals surface area contributed by atoms with Crippen molar-refractivity contribution in [3.05, 3.63) is 71.3 Å². The van der Waals surface area contributed by atoms with Crippen LogP contribution in [0.25, 0.3) is 0 Å². The quantitative estimate of drug-likeness (QED) is 0.769. The summed E-state index contributed by atoms with van der Waals surface area (Å²) in [6.45, 7) is 0.847. The zero-order valence-corrected chi connectivity index (χ0v) is 9.90. The summed E-state index contributed by atoms with van der Waals surface area (Å²) < 4.78 is 0. The van der Waals surface area contributed by atoms with Crippen LogP contribution in [0, 0.1) is 11.8 Å². The molecule has 0 spiro atoms. The van der Waals surface area contributed by atoms with Crippen LogP contribution in [0.15, 0.2) is 54.6 Å². The third-order valence-electron chi connectivity index (χ3n) is 2.50. The van der Waals surface area contributed by atoms with Crippen LogP contribution in [-0.2, 0) is 6.54 Å². The minimum atomic E-state index is 0.847. The second-order valence-electron chi connectivity index (χ2n) is 3.80. The van der Waals surface area contributed by atoms with Gasteiger partial charge in [-0.2, -0.15) is 0 Å². The number of rotatable bonds is 2. The summed E-state index contributed by atoms with van der Waals surface area (Å²) in [5.74, 6) is 6.41. The van der Waals surface area contributed by atoms with Gasteiger partial charge in [0.2, 0.25) is 0 Å². The summed E-state index contributed by atoms with van der Waals surface area (Å²) in [4.78, 5) is 0. The molecule has 84 valence electrons. The summed E-state index contributed by atoms with van der Waals surface area (Å²) in [7, 11) is 1.95. The number of hydrogen-bond acceptors (Lipinski definition) is 1. The molecule has 1 N–H and O–H groups in total. The molecule has 2 aromatic carbocycles. The van der Waals surface area contributed by atoms with E-state index in [4.69, 9.17) is 0 Å². The van der Waals surface area contributed by atoms with Crippen molar-refractivity contribution in [2.75, 3.05) is 7.05 Å². The highest BCUT2D eigenvalue weighted by Gasteiger charge is 1.96. The maximum Gasteiger partial charge on any atom is 0.0294 e. The van der Waals surface area contributed by atoms with E-state index in [1.54, 1.807) is 0 Å². The number of benzene rings is 2. The van der Waals surface area contributed by atoms with Gasteiger partial charge in [0.25, 0.3) is 0 Å². The monoisotopic (exact) mass is 221 g/mol. The molecule has 0 heterocycles. The van der Waals surface area contributed by atoms with Gasteiger partial charge in [0.15, 0.2) is 0 Å². The summed E-state index contributed by atoms with van der Waals surface area (Å²) in [5, 5.41) is 3.15. The molecule has 0 aromatic heterocycles. The fourth-order valence-corrected chi connectivity index (χ4v) is 1.65. The van der Waals surface area contributed by atoms with Gasteiger partial charge in [0.05, 0.1) is 0 Å². The molecular weight excluding hydrogens is 206 g/mol. The van der Waals surface area contributed by atoms with Gasteiger partial charge in [-0.3, -0.25) is 0 Å². The molecule has 0 aliphatic rings. The summed E-state index contributed by atoms with van der Waals surface area (Å²) >= 11 is 0. The van der Waals surface area contributed by atoms with E-state index in [9.17, 15) is 0 Å². The predicted octanol–water partition coefficient (Wildman–Crippen LogP) is 2.81. The Morgan fingerprint density at radius 3 is 2.35 bits per heavy atom. The van der Waals surface area contributed by atoms with Crippen LogP contribution < -0.4 is 5.32 Å². The zero-order chi connectivity index (χ0) is 11.9. The maximum absolute atomic E-state index is 3.22. The molecule has 0 amide bonds. The Bertz CT molecular complexity index is 532. The Morgan fingerprint density at radius 1 is 0.882 bits per heavy atom. The average molecular weight is 221 g/mol. The molecule has 2 rings (SSSR count). The largest absolute Gasteiger partial charge is 0.316 e. The van der Waals surface area contributed by atoms with Crippen LogP contribution in [0.3, 0.4) is 0 Å². The first-order chi connectivity index (χ1) is 8.40. The van der Waals surface area contributed by atoms with E-state index >= 15 is 0 Å². The lowest BCUT2D eigenvalue weighted by molar-refractivity contribution is 0.816. The van der Waals surface area contributed by atoms with Crippen molar-refractivity contribution < 1.29 is 0 Å². The third-order valence-corrected chi connectivity index (χ3v) is 2.50. The van der Waals surface area contributed by atoms with Crippen molar-refractivity contribution in [1.29, 1.82) is 0 Å². The van der Waals surface area contributed by atoms with Gasteiger partial charge < -0.3 is 5.32 Å². The summed E-state index contributed by atoms with van der Waals surface area (Å²) in [6.07, 6.45) is 0. The minimum Gasteiger partial charge on any atom is -0.316 e. The lowest BCUT2D eigenvalue weighted by Crippen LogP contribution is -2.06. The van der Waals surface area contributed by atoms with E-state index in [1.165, 1.54) is 5.56 Å². The Kier molecular flexibility index (Phi) is 3.96. The average Bonchev–Trinajstić information content (AvgIpc) is 2.39. The summed E-state index contributed by atoms with van der Waals surface area (Å²) in [5.41, 5.74) is 3.37. The van der Waals surface area contributed by atoms with Crippen LogP contribution >= 0.6 is 0 Å². The smallest absolute Gasteiger partial charge is 0.0294 e. The molecule has 0 saturated carbocycles. The molecule has 0 fully saturated rings. The van der Waals surface area contributed by atoms with Crippen molar-refractivity contribution >= 4 is 0 Å². The summed E-state index contributed by atoms with van der Waals surface area (Å²) in [6, 6.07) is 18.3. The molecule has 0 radical (unpaired) electrons. The van der Waals surface area contributed by atoms with Crippen LogP contribution in [0.5, 0.6) is 0 Å². The molecule has 0 aliphatic heterocycles. The fraction of sp³-hybridized carbons (Fsp3) is 0.125. The van der Waals surface area contributed by atoms with Crippen LogP contribution in [0.2, 0.25) is 0 Å². The Balaban J connectivity index is 2.27. The fourth-order valence-electron chi connectivity index (χ4n) is 1.65. The SMILES string of the molecule is CNCc1ccccc1C#Cc1ccccc1. The second-order valence-corrected chi connectivity index (χ2v) is 3.80. The van der Waals surface area contributed by atoms with Crippen molar-refractivity contribution in [1.82, 2.24) is 5.32 Å². The molecule has 0 atom stereocenters. The Labute approximate surface area is 102 Å². The van der Waals surface area contributed by atoms with Gasteiger partial charge >= 0.3 is 0 Å². The van der Waals surface area contributed by atoms with Crippen LogP contribution in [0.1, 0.15) is 16.7 Å². The van der Waals surface area contributed by atoms with Crippen molar-refractivity contribution in [2.24, 2.45) is 0 Å². The van der Waals surface area contributed by atoms with E-state index in [-0.39, 0.29) is 0 Å². The predicted molar refractivity (Wildman–Crippen MR) is 71.6 cm³/mol. The van der Waals surface area contributed by atoms with Gasteiger partial charge in [-0.1, -0.05) is 48.2 Å². The molecule has 0 aliphatic carbocycles. The van der Waals surface area contributed by atoms with Crippen LogP contribution in [0.4, 0.5) is 0 Å². The van der Waals surface area contributed by atoms with Crippen LogP contribution in [-0.4, -0.2) is 7.05 Å². The van der Waals surface area contributed by atoms with Gasteiger partial charge in [-0.15, -0.1) is 0 Å². The molecule has 1 heteroatoms. The molecule has 0 bridgehead atoms. The van der Waals surface area contributed by atoms with E-state index in [0.717, 1.165) is 17.7 Å². The first kappa shape index (κ1) is 11.4. The van der Waals surface area contributed by atoms with E-state index in [0.29, 0.717) is 0 Å². The second kappa shape index (κ2) is 5.89. The minimum absolute atomic E-state index is 0.847. The van der Waals surface area contributed by atoms with Gasteiger partial charge in [0.1, 0.15) is 0 Å². The Morgan fingerprint density at radius 2 is 1.59 bits per heavy atom. The molecule has 1 nitrogen and oxygen atoms in total. The Hall–Kier alpha value is -2.04. The first-order valence-corrected chi connectivity index (χ1v) is 5.70. The number of nitrogens with one attached hydrogen (secondary N) is 1. The lowest BCUT2D eigenvalue weighted by atomic mass is 10.1. The molecule has 0 unspecified atom stereocenters. The third kappa shape index (κ3) is 3.21. The highest BCUT2D eigenvalue weighted by atomic mass is 14.8. The standard InChI is InChI=1S/C16H15N/c1-17-13-16-10-6-5-9-15(16)12-11-14-7-3-2-4-8-14/h2-10,17H,13H2,1H3. The maximum atomic E-state index is 3.22. The van der Waals surface area contributed by atoms with Crippen molar-refractivity contribution in [3.8, 4) is 11.8 Å². The molecule has 17 heavy (non-hydrogen) atoms. The molecular formula is C16H15N. The zero-order valence-electron chi connectivity index (χ0n) is 9.90. The number of hydrogen-bond donors (Lipinski definition) is 1. The van der Waals surface area contributed by atoms with Gasteiger partial charge in [-0.25, -0.2) is 0 Å². The van der Waals surface area contributed by atoms with E-state index < -0.39 is 0 Å². The molecule has 2 aromatic rings. The lowest BCUT2D eigenvalue weighted by Gasteiger charge is -2.02. The van der Waals surface area contributed by atoms with Gasteiger partial charge in [-0.05, 0) is 30.8 Å². The highest BCUT2D eigenvalue weighted by Crippen LogP contribution is 2.07. The van der Waals surface area contributed by atoms with E-state index in [1.807, 2.05) is 49.5 Å². The first-order valence-electron chi connectivity index (χ1n) is 5.70. The normalized spacial score (nSPS) is 9.47. The van der Waals surface area contributed by atoms with Crippen molar-refractivity contribution in [3.63, 3.8) is 0 Å². The topological polar surface area (TPSA) is 12.0 Å². The molecule has 0 saturated heterocycles. The highest BCUT2D eigenvalue weighted by molar-refractivity contribution is 5.46. The van der Waals surface area contributed by atoms with E-state index in [2.05, 4.69) is 29.3 Å².